The molecule has 1 unspecified atom stereocenters. The van der Waals surface area contributed by atoms with Crippen molar-refractivity contribution in [3.8, 4) is 5.69 Å². The minimum absolute atomic E-state index is 0.0488. The number of carbonyl (C=O) groups is 2. The summed E-state index contributed by atoms with van der Waals surface area (Å²) in [7, 11) is 0. The molecule has 1 aliphatic rings. The molecule has 2 heterocycles. The van der Waals surface area contributed by atoms with Crippen LogP contribution in [-0.4, -0.2) is 27.4 Å². The van der Waals surface area contributed by atoms with E-state index in [9.17, 15) is 9.59 Å². The predicted octanol–water partition coefficient (Wildman–Crippen LogP) is 2.86. The number of thioether (sulfide) groups is 1. The summed E-state index contributed by atoms with van der Waals surface area (Å²) in [6, 6.07) is 11.7. The van der Waals surface area contributed by atoms with Gasteiger partial charge in [-0.25, -0.2) is 0 Å². The van der Waals surface area contributed by atoms with Crippen LogP contribution in [0.2, 0.25) is 0 Å². The maximum absolute atomic E-state index is 12.3. The molecule has 2 aromatic rings. The van der Waals surface area contributed by atoms with Gasteiger partial charge in [-0.05, 0) is 24.3 Å². The summed E-state index contributed by atoms with van der Waals surface area (Å²) in [6.07, 6.45) is 4.34. The van der Waals surface area contributed by atoms with Gasteiger partial charge < -0.3 is 9.47 Å². The third-order valence-electron chi connectivity index (χ3n) is 3.48. The van der Waals surface area contributed by atoms with E-state index in [1.807, 2.05) is 53.4 Å². The summed E-state index contributed by atoms with van der Waals surface area (Å²) in [4.78, 5) is 25.3. The first-order valence-corrected chi connectivity index (χ1v) is 7.73. The Kier molecular flexibility index (Phi) is 3.84. The van der Waals surface area contributed by atoms with E-state index in [1.54, 1.807) is 11.8 Å². The molecule has 0 aliphatic carbocycles. The number of anilines is 1. The smallest absolute Gasteiger partial charge is 0.228 e. The van der Waals surface area contributed by atoms with Crippen molar-refractivity contribution < 1.29 is 9.59 Å². The highest BCUT2D eigenvalue weighted by Crippen LogP contribution is 2.32. The Morgan fingerprint density at radius 3 is 2.48 bits per heavy atom. The van der Waals surface area contributed by atoms with Crippen LogP contribution in [0.3, 0.4) is 0 Å². The van der Waals surface area contributed by atoms with E-state index in [4.69, 9.17) is 0 Å². The average molecular weight is 300 g/mol. The summed E-state index contributed by atoms with van der Waals surface area (Å²) in [5, 5.41) is 0.112. The lowest BCUT2D eigenvalue weighted by Crippen LogP contribution is -2.26. The number of amides is 1. The summed E-state index contributed by atoms with van der Waals surface area (Å²) >= 11 is 1.26. The summed E-state index contributed by atoms with van der Waals surface area (Å²) in [5.41, 5.74) is 1.87. The highest BCUT2D eigenvalue weighted by molar-refractivity contribution is 8.14. The van der Waals surface area contributed by atoms with Crippen LogP contribution < -0.4 is 4.90 Å². The molecule has 4 nitrogen and oxygen atoms in total. The Labute approximate surface area is 127 Å². The van der Waals surface area contributed by atoms with Gasteiger partial charge in [0.2, 0.25) is 5.91 Å². The molecule has 3 rings (SSSR count). The molecule has 0 saturated carbocycles. The number of nitrogens with zero attached hydrogens (tertiary/aromatic N) is 2. The second kappa shape index (κ2) is 5.77. The topological polar surface area (TPSA) is 42.3 Å². The molecule has 5 heteroatoms. The quantitative estimate of drug-likeness (QED) is 0.875. The van der Waals surface area contributed by atoms with E-state index in [0.29, 0.717) is 13.0 Å². The zero-order valence-electron chi connectivity index (χ0n) is 11.7. The van der Waals surface area contributed by atoms with Crippen LogP contribution in [0.25, 0.3) is 5.69 Å². The number of carbonyl (C=O) groups excluding carboxylic acids is 2. The normalized spacial score (nSPS) is 18.2. The molecular weight excluding hydrogens is 284 g/mol. The van der Waals surface area contributed by atoms with Crippen molar-refractivity contribution in [3.63, 3.8) is 0 Å². The van der Waals surface area contributed by atoms with Crippen LogP contribution in [0.15, 0.2) is 48.8 Å². The van der Waals surface area contributed by atoms with Crippen molar-refractivity contribution in [1.29, 1.82) is 0 Å². The van der Waals surface area contributed by atoms with Crippen molar-refractivity contribution >= 4 is 28.5 Å². The molecule has 1 aromatic heterocycles. The molecule has 1 atom stereocenters. The standard InChI is InChI=1S/C16H16N2O2S/c1-12(19)21-13-10-16(20)18(11-13)15-7-3-2-6-14(15)17-8-4-5-9-17/h2-9,13H,10-11H2,1H3. The molecule has 1 fully saturated rings. The third kappa shape index (κ3) is 2.88. The fourth-order valence-corrected chi connectivity index (χ4v) is 3.55. The number of hydrogen-bond donors (Lipinski definition) is 0. The second-order valence-corrected chi connectivity index (χ2v) is 6.50. The van der Waals surface area contributed by atoms with E-state index in [0.717, 1.165) is 11.4 Å². The zero-order chi connectivity index (χ0) is 14.8. The SMILES string of the molecule is CC(=O)SC1CC(=O)N(c2ccccc2-n2cccc2)C1. The predicted molar refractivity (Wildman–Crippen MR) is 84.8 cm³/mol. The number of hydrogen-bond acceptors (Lipinski definition) is 3. The van der Waals surface area contributed by atoms with E-state index in [-0.39, 0.29) is 16.3 Å². The van der Waals surface area contributed by atoms with Crippen LogP contribution in [0, 0.1) is 0 Å². The first-order valence-electron chi connectivity index (χ1n) is 6.85. The molecule has 0 radical (unpaired) electrons. The average Bonchev–Trinajstić information content (AvgIpc) is 3.08. The van der Waals surface area contributed by atoms with Gasteiger partial charge in [0.05, 0.1) is 11.4 Å². The van der Waals surface area contributed by atoms with Crippen LogP contribution in [-0.2, 0) is 9.59 Å². The van der Waals surface area contributed by atoms with Gasteiger partial charge in [0, 0.05) is 37.5 Å². The molecule has 1 saturated heterocycles. The molecular formula is C16H16N2O2S. The lowest BCUT2D eigenvalue weighted by Gasteiger charge is -2.20. The highest BCUT2D eigenvalue weighted by atomic mass is 32.2. The lowest BCUT2D eigenvalue weighted by atomic mass is 10.2. The maximum atomic E-state index is 12.3. The number of benzene rings is 1. The first kappa shape index (κ1) is 13.9. The first-order chi connectivity index (χ1) is 10.1. The fraction of sp³-hybridized carbons (Fsp3) is 0.250. The molecule has 0 spiro atoms. The van der Waals surface area contributed by atoms with Crippen molar-refractivity contribution in [1.82, 2.24) is 4.57 Å². The van der Waals surface area contributed by atoms with Crippen LogP contribution in [0.4, 0.5) is 5.69 Å². The molecule has 21 heavy (non-hydrogen) atoms. The largest absolute Gasteiger partial charge is 0.322 e. The van der Waals surface area contributed by atoms with Crippen molar-refractivity contribution in [3.05, 3.63) is 48.8 Å². The minimum atomic E-state index is 0.0488. The van der Waals surface area contributed by atoms with E-state index in [2.05, 4.69) is 0 Å². The Bertz CT molecular complexity index is 667. The zero-order valence-corrected chi connectivity index (χ0v) is 12.5. The monoisotopic (exact) mass is 300 g/mol. The maximum Gasteiger partial charge on any atom is 0.228 e. The van der Waals surface area contributed by atoms with Crippen LogP contribution in [0.5, 0.6) is 0 Å². The minimum Gasteiger partial charge on any atom is -0.322 e. The summed E-state index contributed by atoms with van der Waals surface area (Å²) < 4.78 is 1.99. The fourth-order valence-electron chi connectivity index (χ4n) is 2.63. The molecule has 1 aromatic carbocycles. The highest BCUT2D eigenvalue weighted by Gasteiger charge is 2.33. The van der Waals surface area contributed by atoms with Gasteiger partial charge in [0.25, 0.3) is 0 Å². The molecule has 0 bridgehead atoms. The summed E-state index contributed by atoms with van der Waals surface area (Å²) in [6.45, 7) is 2.13. The van der Waals surface area contributed by atoms with Gasteiger partial charge in [-0.3, -0.25) is 9.59 Å². The van der Waals surface area contributed by atoms with E-state index >= 15 is 0 Å². The molecule has 0 N–H and O–H groups in total. The molecule has 1 amide bonds. The Morgan fingerprint density at radius 1 is 1.14 bits per heavy atom. The van der Waals surface area contributed by atoms with E-state index < -0.39 is 0 Å². The van der Waals surface area contributed by atoms with E-state index in [1.165, 1.54) is 11.8 Å². The van der Waals surface area contributed by atoms with Gasteiger partial charge >= 0.3 is 0 Å². The summed E-state index contributed by atoms with van der Waals surface area (Å²) in [5.74, 6) is 0.0772. The van der Waals surface area contributed by atoms with Gasteiger partial charge in [-0.15, -0.1) is 0 Å². The Hall–Kier alpha value is -2.01. The van der Waals surface area contributed by atoms with Gasteiger partial charge in [0.1, 0.15) is 0 Å². The number of aromatic nitrogens is 1. The van der Waals surface area contributed by atoms with Crippen molar-refractivity contribution in [2.24, 2.45) is 0 Å². The Morgan fingerprint density at radius 2 is 1.81 bits per heavy atom. The third-order valence-corrected chi connectivity index (χ3v) is 4.46. The van der Waals surface area contributed by atoms with Gasteiger partial charge in [-0.1, -0.05) is 23.9 Å². The van der Waals surface area contributed by atoms with Crippen molar-refractivity contribution in [2.75, 3.05) is 11.4 Å². The Balaban J connectivity index is 1.91. The van der Waals surface area contributed by atoms with Crippen molar-refractivity contribution in [2.45, 2.75) is 18.6 Å². The molecule has 108 valence electrons. The number of para-hydroxylation sites is 2. The molecule has 1 aliphatic heterocycles. The van der Waals surface area contributed by atoms with Gasteiger partial charge in [-0.2, -0.15) is 0 Å². The second-order valence-electron chi connectivity index (χ2n) is 5.02. The van der Waals surface area contributed by atoms with Gasteiger partial charge in [0.15, 0.2) is 5.12 Å². The van der Waals surface area contributed by atoms with Crippen LogP contribution in [0.1, 0.15) is 13.3 Å². The lowest BCUT2D eigenvalue weighted by molar-refractivity contribution is -0.117. The number of rotatable bonds is 3. The van der Waals surface area contributed by atoms with Crippen LogP contribution >= 0.6 is 11.8 Å².